The Bertz CT molecular complexity index is 1140. The van der Waals surface area contributed by atoms with Gasteiger partial charge in [-0.05, 0) is 63.3 Å². The molecule has 8 nitrogen and oxygen atoms in total. The molecule has 1 heterocycles. The molecule has 2 aromatic rings. The predicted molar refractivity (Wildman–Crippen MR) is 131 cm³/mol. The summed E-state index contributed by atoms with van der Waals surface area (Å²) in [6.07, 6.45) is 2.86. The summed E-state index contributed by atoms with van der Waals surface area (Å²) in [6.45, 7) is 6.24. The molecule has 0 aromatic heterocycles. The monoisotopic (exact) mass is 487 g/mol. The lowest BCUT2D eigenvalue weighted by molar-refractivity contribution is -0.136. The summed E-state index contributed by atoms with van der Waals surface area (Å²) in [4.78, 5) is 25.0. The van der Waals surface area contributed by atoms with E-state index >= 15 is 0 Å². The van der Waals surface area contributed by atoms with Gasteiger partial charge >= 0.3 is 11.8 Å². The lowest BCUT2D eigenvalue weighted by Crippen LogP contribution is -2.46. The normalized spacial score (nSPS) is 16.6. The molecular weight excluding hydrogens is 454 g/mol. The molecule has 2 N–H and O–H groups in total. The van der Waals surface area contributed by atoms with Gasteiger partial charge in [0.05, 0.1) is 17.7 Å². The molecule has 0 bridgehead atoms. The zero-order chi connectivity index (χ0) is 24.9. The van der Waals surface area contributed by atoms with Crippen LogP contribution in [0.15, 0.2) is 41.3 Å². The van der Waals surface area contributed by atoms with Crippen molar-refractivity contribution < 1.29 is 22.7 Å². The van der Waals surface area contributed by atoms with Gasteiger partial charge in [0.2, 0.25) is 10.0 Å². The second kappa shape index (κ2) is 11.0. The van der Waals surface area contributed by atoms with E-state index in [2.05, 4.69) is 10.6 Å². The number of para-hydroxylation sites is 2. The van der Waals surface area contributed by atoms with Crippen LogP contribution in [0.5, 0.6) is 5.75 Å². The first-order valence-corrected chi connectivity index (χ1v) is 12.9. The van der Waals surface area contributed by atoms with Gasteiger partial charge in [-0.1, -0.05) is 36.2 Å². The molecule has 0 unspecified atom stereocenters. The van der Waals surface area contributed by atoms with Crippen molar-refractivity contribution in [2.75, 3.05) is 25.5 Å². The summed E-state index contributed by atoms with van der Waals surface area (Å²) in [5, 5.41) is 5.16. The summed E-state index contributed by atoms with van der Waals surface area (Å²) in [6, 6.07) is 10.4. The maximum atomic E-state index is 13.6. The summed E-state index contributed by atoms with van der Waals surface area (Å²) < 4.78 is 33.9. The third-order valence-electron chi connectivity index (χ3n) is 6.07. The van der Waals surface area contributed by atoms with Crippen LogP contribution in [0.4, 0.5) is 5.69 Å². The van der Waals surface area contributed by atoms with Crippen LogP contribution in [-0.2, 0) is 19.6 Å². The van der Waals surface area contributed by atoms with Crippen molar-refractivity contribution in [1.82, 2.24) is 9.62 Å². The van der Waals surface area contributed by atoms with Crippen LogP contribution in [0.1, 0.15) is 42.4 Å². The Morgan fingerprint density at radius 1 is 1.06 bits per heavy atom. The molecule has 1 saturated heterocycles. The number of amides is 2. The highest BCUT2D eigenvalue weighted by atomic mass is 32.2. The fourth-order valence-electron chi connectivity index (χ4n) is 4.63. The van der Waals surface area contributed by atoms with Crippen LogP contribution in [0.2, 0.25) is 0 Å². The number of hydrogen-bond acceptors (Lipinski definition) is 5. The van der Waals surface area contributed by atoms with Crippen LogP contribution in [0.25, 0.3) is 0 Å². The fraction of sp³-hybridized carbons (Fsp3) is 0.440. The molecule has 184 valence electrons. The van der Waals surface area contributed by atoms with Crippen molar-refractivity contribution in [1.29, 1.82) is 0 Å². The van der Waals surface area contributed by atoms with E-state index in [-0.39, 0.29) is 12.6 Å². The van der Waals surface area contributed by atoms with Gasteiger partial charge in [-0.3, -0.25) is 9.59 Å². The van der Waals surface area contributed by atoms with Gasteiger partial charge < -0.3 is 15.4 Å². The minimum absolute atomic E-state index is 0.195. The van der Waals surface area contributed by atoms with Gasteiger partial charge in [-0.25, -0.2) is 8.42 Å². The maximum absolute atomic E-state index is 13.6. The number of nitrogens with zero attached hydrogens (tertiary/aromatic N) is 1. The average Bonchev–Trinajstić information content (AvgIpc) is 2.78. The van der Waals surface area contributed by atoms with Gasteiger partial charge in [0.1, 0.15) is 5.75 Å². The molecule has 1 atom stereocenters. The number of anilines is 1. The quantitative estimate of drug-likeness (QED) is 0.583. The van der Waals surface area contributed by atoms with Crippen LogP contribution < -0.4 is 15.4 Å². The third kappa shape index (κ3) is 5.77. The second-order valence-corrected chi connectivity index (χ2v) is 10.5. The number of hydrogen-bond donors (Lipinski definition) is 2. The summed E-state index contributed by atoms with van der Waals surface area (Å²) in [7, 11) is -2.20. The molecule has 2 aromatic carbocycles. The largest absolute Gasteiger partial charge is 0.495 e. The van der Waals surface area contributed by atoms with E-state index in [9.17, 15) is 18.0 Å². The molecule has 1 aliphatic heterocycles. The number of benzene rings is 2. The van der Waals surface area contributed by atoms with E-state index in [1.807, 2.05) is 32.9 Å². The number of carbonyl (C=O) groups excluding carboxylic acids is 2. The average molecular weight is 488 g/mol. The van der Waals surface area contributed by atoms with Crippen LogP contribution in [0, 0.1) is 20.8 Å². The number of methoxy groups -OCH3 is 1. The van der Waals surface area contributed by atoms with Gasteiger partial charge in [0.25, 0.3) is 0 Å². The third-order valence-corrected chi connectivity index (χ3v) is 8.33. The van der Waals surface area contributed by atoms with E-state index in [0.29, 0.717) is 35.7 Å². The lowest BCUT2D eigenvalue weighted by Gasteiger charge is -2.35. The predicted octanol–water partition coefficient (Wildman–Crippen LogP) is 3.31. The standard InChI is InChI=1S/C25H33N3O5S/c1-17-15-18(2)23(19(3)16-17)34(31,32)28-14-8-7-9-20(28)12-13-26-24(29)25(30)27-21-10-5-6-11-22(21)33-4/h5-6,10-11,15-16,20H,7-9,12-14H2,1-4H3,(H,26,29)(H,27,30)/t20-/m1/s1. The van der Waals surface area contributed by atoms with E-state index < -0.39 is 21.8 Å². The molecule has 0 radical (unpaired) electrons. The number of sulfonamides is 1. The van der Waals surface area contributed by atoms with Crippen LogP contribution in [0.3, 0.4) is 0 Å². The molecule has 3 rings (SSSR count). The van der Waals surface area contributed by atoms with Crippen LogP contribution in [-0.4, -0.2) is 50.8 Å². The molecular formula is C25H33N3O5S. The van der Waals surface area contributed by atoms with Gasteiger partial charge in [0.15, 0.2) is 0 Å². The Labute approximate surface area is 201 Å². The fourth-order valence-corrected chi connectivity index (χ4v) is 6.77. The number of rotatable bonds is 7. The van der Waals surface area contributed by atoms with E-state index in [1.54, 1.807) is 28.6 Å². The van der Waals surface area contributed by atoms with Crippen molar-refractivity contribution >= 4 is 27.5 Å². The Morgan fingerprint density at radius 3 is 2.41 bits per heavy atom. The molecule has 2 amide bonds. The first kappa shape index (κ1) is 25.7. The maximum Gasteiger partial charge on any atom is 0.313 e. The smallest absolute Gasteiger partial charge is 0.313 e. The summed E-state index contributed by atoms with van der Waals surface area (Å²) >= 11 is 0. The van der Waals surface area contributed by atoms with Crippen molar-refractivity contribution in [2.45, 2.75) is 57.4 Å². The van der Waals surface area contributed by atoms with Gasteiger partial charge in [-0.2, -0.15) is 4.31 Å². The first-order chi connectivity index (χ1) is 16.1. The Balaban J connectivity index is 1.64. The Hall–Kier alpha value is -2.91. The molecule has 0 aliphatic carbocycles. The summed E-state index contributed by atoms with van der Waals surface area (Å²) in [5.41, 5.74) is 2.91. The van der Waals surface area contributed by atoms with Gasteiger partial charge in [0, 0.05) is 19.1 Å². The van der Waals surface area contributed by atoms with Crippen molar-refractivity contribution in [3.05, 3.63) is 53.1 Å². The van der Waals surface area contributed by atoms with E-state index in [4.69, 9.17) is 4.74 Å². The highest BCUT2D eigenvalue weighted by Crippen LogP contribution is 2.31. The zero-order valence-corrected chi connectivity index (χ0v) is 21.0. The van der Waals surface area contributed by atoms with E-state index in [0.717, 1.165) is 29.5 Å². The number of ether oxygens (including phenoxy) is 1. The number of carbonyl (C=O) groups is 2. The highest BCUT2D eigenvalue weighted by molar-refractivity contribution is 7.89. The minimum atomic E-state index is -3.68. The first-order valence-electron chi connectivity index (χ1n) is 11.5. The SMILES string of the molecule is COc1ccccc1NC(=O)C(=O)NCC[C@H]1CCCCN1S(=O)(=O)c1c(C)cc(C)cc1C. The Morgan fingerprint density at radius 2 is 1.74 bits per heavy atom. The minimum Gasteiger partial charge on any atom is -0.495 e. The number of nitrogens with one attached hydrogen (secondary N) is 2. The van der Waals surface area contributed by atoms with Gasteiger partial charge in [-0.15, -0.1) is 0 Å². The van der Waals surface area contributed by atoms with Crippen molar-refractivity contribution in [3.8, 4) is 5.75 Å². The zero-order valence-electron chi connectivity index (χ0n) is 20.2. The number of aryl methyl sites for hydroxylation is 3. The second-order valence-electron chi connectivity index (χ2n) is 8.69. The molecule has 34 heavy (non-hydrogen) atoms. The highest BCUT2D eigenvalue weighted by Gasteiger charge is 2.35. The Kier molecular flexibility index (Phi) is 8.33. The molecule has 1 aliphatic rings. The lowest BCUT2D eigenvalue weighted by atomic mass is 10.0. The number of piperidine rings is 1. The van der Waals surface area contributed by atoms with Crippen molar-refractivity contribution in [3.63, 3.8) is 0 Å². The molecule has 0 saturated carbocycles. The molecule has 1 fully saturated rings. The van der Waals surface area contributed by atoms with E-state index in [1.165, 1.54) is 7.11 Å². The topological polar surface area (TPSA) is 105 Å². The molecule has 0 spiro atoms. The van der Waals surface area contributed by atoms with Crippen LogP contribution >= 0.6 is 0 Å². The summed E-state index contributed by atoms with van der Waals surface area (Å²) in [5.74, 6) is -1.13. The van der Waals surface area contributed by atoms with Crippen molar-refractivity contribution in [2.24, 2.45) is 0 Å². The molecule has 9 heteroatoms.